The van der Waals surface area contributed by atoms with E-state index < -0.39 is 0 Å². The molecule has 2 rings (SSSR count). The molecule has 1 aromatic rings. The van der Waals surface area contributed by atoms with Crippen LogP contribution in [0, 0.1) is 11.7 Å². The van der Waals surface area contributed by atoms with Gasteiger partial charge in [0, 0.05) is 18.7 Å². The molecule has 0 heterocycles. The van der Waals surface area contributed by atoms with E-state index in [2.05, 4.69) is 21.2 Å². The molecule has 1 aliphatic rings. The van der Waals surface area contributed by atoms with Gasteiger partial charge < -0.3 is 10.1 Å². The van der Waals surface area contributed by atoms with Crippen LogP contribution in [0.2, 0.25) is 0 Å². The van der Waals surface area contributed by atoms with Gasteiger partial charge in [-0.25, -0.2) is 4.39 Å². The number of carbonyl (C=O) groups is 1. The number of benzene rings is 1. The predicted octanol–water partition coefficient (Wildman–Crippen LogP) is 3.73. The highest BCUT2D eigenvalue weighted by molar-refractivity contribution is 9.10. The van der Waals surface area contributed by atoms with E-state index in [0.717, 1.165) is 19.4 Å². The van der Waals surface area contributed by atoms with Gasteiger partial charge in [-0.3, -0.25) is 4.79 Å². The number of amides is 1. The van der Waals surface area contributed by atoms with Crippen LogP contribution in [0.15, 0.2) is 22.7 Å². The Kier molecular flexibility index (Phi) is 4.93. The molecule has 0 saturated heterocycles. The third-order valence-electron chi connectivity index (χ3n) is 3.27. The Balaban J connectivity index is 1.77. The van der Waals surface area contributed by atoms with E-state index in [1.165, 1.54) is 6.07 Å². The highest BCUT2D eigenvalue weighted by Gasteiger charge is 2.31. The van der Waals surface area contributed by atoms with Crippen molar-refractivity contribution < 1.29 is 13.9 Å². The number of rotatable bonds is 5. The topological polar surface area (TPSA) is 38.3 Å². The van der Waals surface area contributed by atoms with Crippen LogP contribution in [0.5, 0.6) is 0 Å². The molecule has 0 aliphatic heterocycles. The average molecular weight is 330 g/mol. The lowest BCUT2D eigenvalue weighted by Crippen LogP contribution is -2.33. The fourth-order valence-corrected chi connectivity index (χ4v) is 2.51. The molecule has 1 saturated carbocycles. The summed E-state index contributed by atoms with van der Waals surface area (Å²) < 4.78 is 19.1. The maximum Gasteiger partial charge on any atom is 0.224 e. The van der Waals surface area contributed by atoms with Gasteiger partial charge in [0.2, 0.25) is 5.91 Å². The van der Waals surface area contributed by atoms with Gasteiger partial charge in [0.05, 0.1) is 10.6 Å². The molecule has 5 heteroatoms. The van der Waals surface area contributed by atoms with Gasteiger partial charge in [-0.1, -0.05) is 0 Å². The molecular formula is C14H17BrFNO2. The molecule has 0 spiro atoms. The summed E-state index contributed by atoms with van der Waals surface area (Å²) in [4.78, 5) is 11.8. The molecule has 1 amide bonds. The maximum absolute atomic E-state index is 13.3. The Morgan fingerprint density at radius 3 is 2.89 bits per heavy atom. The third kappa shape index (κ3) is 4.01. The molecule has 0 aromatic heterocycles. The monoisotopic (exact) mass is 329 g/mol. The Morgan fingerprint density at radius 2 is 2.26 bits per heavy atom. The number of nitrogens with one attached hydrogen (secondary N) is 1. The van der Waals surface area contributed by atoms with Gasteiger partial charge in [-0.05, 0) is 59.8 Å². The van der Waals surface area contributed by atoms with Crippen molar-refractivity contribution in [3.8, 4) is 0 Å². The van der Waals surface area contributed by atoms with E-state index in [4.69, 9.17) is 4.74 Å². The summed E-state index contributed by atoms with van der Waals surface area (Å²) in [6, 6.07) is 4.57. The van der Waals surface area contributed by atoms with Gasteiger partial charge in [0.25, 0.3) is 0 Å². The van der Waals surface area contributed by atoms with Crippen molar-refractivity contribution in [1.29, 1.82) is 0 Å². The van der Waals surface area contributed by atoms with Crippen molar-refractivity contribution in [3.05, 3.63) is 28.5 Å². The van der Waals surface area contributed by atoms with Gasteiger partial charge >= 0.3 is 0 Å². The zero-order chi connectivity index (χ0) is 13.8. The first-order valence-corrected chi connectivity index (χ1v) is 7.24. The highest BCUT2D eigenvalue weighted by atomic mass is 79.9. The Bertz CT molecular complexity index is 461. The van der Waals surface area contributed by atoms with Crippen LogP contribution in [0.25, 0.3) is 0 Å². The fraction of sp³-hybridized carbons (Fsp3) is 0.500. The number of carbonyl (C=O) groups excluding carboxylic acids is 1. The quantitative estimate of drug-likeness (QED) is 0.893. The van der Waals surface area contributed by atoms with Crippen molar-refractivity contribution in [3.63, 3.8) is 0 Å². The molecular weight excluding hydrogens is 313 g/mol. The first kappa shape index (κ1) is 14.5. The second-order valence-corrected chi connectivity index (χ2v) is 5.65. The van der Waals surface area contributed by atoms with Crippen LogP contribution in [0.4, 0.5) is 10.1 Å². The van der Waals surface area contributed by atoms with Crippen LogP contribution in [0.3, 0.4) is 0 Å². The van der Waals surface area contributed by atoms with Crippen LogP contribution < -0.4 is 5.32 Å². The minimum absolute atomic E-state index is 0.0679. The summed E-state index contributed by atoms with van der Waals surface area (Å²) in [5, 5.41) is 2.72. The van der Waals surface area contributed by atoms with E-state index in [1.54, 1.807) is 12.1 Å². The summed E-state index contributed by atoms with van der Waals surface area (Å²) in [5.74, 6) is -0.0589. The van der Waals surface area contributed by atoms with E-state index in [0.29, 0.717) is 28.6 Å². The number of ether oxygens (including phenoxy) is 1. The minimum Gasteiger partial charge on any atom is -0.378 e. The first-order valence-electron chi connectivity index (χ1n) is 6.45. The van der Waals surface area contributed by atoms with Crippen LogP contribution >= 0.6 is 15.9 Å². The van der Waals surface area contributed by atoms with Gasteiger partial charge in [0.1, 0.15) is 5.82 Å². The molecule has 0 atom stereocenters. The maximum atomic E-state index is 13.3. The predicted molar refractivity (Wildman–Crippen MR) is 75.5 cm³/mol. The first-order chi connectivity index (χ1) is 9.08. The molecule has 104 valence electrons. The highest BCUT2D eigenvalue weighted by Crippen LogP contribution is 2.33. The smallest absolute Gasteiger partial charge is 0.224 e. The normalized spacial score (nSPS) is 21.8. The van der Waals surface area contributed by atoms with Crippen molar-refractivity contribution in [2.24, 2.45) is 5.92 Å². The summed E-state index contributed by atoms with van der Waals surface area (Å²) in [6.07, 6.45) is 2.67. The van der Waals surface area contributed by atoms with Crippen LogP contribution in [-0.4, -0.2) is 18.6 Å². The van der Waals surface area contributed by atoms with Gasteiger partial charge in [-0.15, -0.1) is 0 Å². The summed E-state index contributed by atoms with van der Waals surface area (Å²) >= 11 is 3.08. The van der Waals surface area contributed by atoms with Crippen molar-refractivity contribution in [2.45, 2.75) is 32.3 Å². The van der Waals surface area contributed by atoms with Crippen molar-refractivity contribution in [1.82, 2.24) is 0 Å². The Labute approximate surface area is 120 Å². The largest absolute Gasteiger partial charge is 0.378 e. The average Bonchev–Trinajstić information content (AvgIpc) is 2.31. The molecule has 1 fully saturated rings. The number of hydrogen-bond donors (Lipinski definition) is 1. The van der Waals surface area contributed by atoms with Crippen LogP contribution in [0.1, 0.15) is 26.2 Å². The Hall–Kier alpha value is -0.940. The summed E-state index contributed by atoms with van der Waals surface area (Å²) in [6.45, 7) is 2.70. The second-order valence-electron chi connectivity index (χ2n) is 4.80. The summed E-state index contributed by atoms with van der Waals surface area (Å²) in [7, 11) is 0. The third-order valence-corrected chi connectivity index (χ3v) is 3.92. The second kappa shape index (κ2) is 6.48. The lowest BCUT2D eigenvalue weighted by atomic mass is 9.80. The van der Waals surface area contributed by atoms with Crippen LogP contribution in [-0.2, 0) is 9.53 Å². The SMILES string of the molecule is CCOC1CC(CC(=O)Nc2ccc(Br)c(F)c2)C1. The molecule has 1 aliphatic carbocycles. The Morgan fingerprint density at radius 1 is 1.53 bits per heavy atom. The van der Waals surface area contributed by atoms with Gasteiger partial charge in [-0.2, -0.15) is 0 Å². The molecule has 1 aromatic carbocycles. The minimum atomic E-state index is -0.377. The standard InChI is InChI=1S/C14H17BrFNO2/c1-2-19-11-5-9(6-11)7-14(18)17-10-3-4-12(15)13(16)8-10/h3-4,8-9,11H,2,5-7H2,1H3,(H,17,18). The molecule has 3 nitrogen and oxygen atoms in total. The number of anilines is 1. The zero-order valence-corrected chi connectivity index (χ0v) is 12.4. The van der Waals surface area contributed by atoms with E-state index in [1.807, 2.05) is 6.92 Å². The molecule has 0 radical (unpaired) electrons. The van der Waals surface area contributed by atoms with E-state index in [-0.39, 0.29) is 11.7 Å². The lowest BCUT2D eigenvalue weighted by molar-refractivity contribution is -0.119. The van der Waals surface area contributed by atoms with Crippen molar-refractivity contribution >= 4 is 27.5 Å². The molecule has 0 unspecified atom stereocenters. The van der Waals surface area contributed by atoms with Crippen molar-refractivity contribution in [2.75, 3.05) is 11.9 Å². The fourth-order valence-electron chi connectivity index (χ4n) is 2.26. The van der Waals surface area contributed by atoms with E-state index >= 15 is 0 Å². The lowest BCUT2D eigenvalue weighted by Gasteiger charge is -2.34. The molecule has 0 bridgehead atoms. The zero-order valence-electron chi connectivity index (χ0n) is 10.8. The number of halogens is 2. The van der Waals surface area contributed by atoms with E-state index in [9.17, 15) is 9.18 Å². The molecule has 1 N–H and O–H groups in total. The summed E-state index contributed by atoms with van der Waals surface area (Å²) in [5.41, 5.74) is 0.492. The number of hydrogen-bond acceptors (Lipinski definition) is 2. The molecule has 19 heavy (non-hydrogen) atoms. The van der Waals surface area contributed by atoms with Gasteiger partial charge in [0.15, 0.2) is 0 Å².